The zero-order valence-corrected chi connectivity index (χ0v) is 15.6. The second-order valence-corrected chi connectivity index (χ2v) is 8.92. The Bertz CT molecular complexity index is 847. The van der Waals surface area contributed by atoms with E-state index in [4.69, 9.17) is 0 Å². The van der Waals surface area contributed by atoms with Crippen LogP contribution in [-0.4, -0.2) is 36.8 Å². The maximum Gasteiger partial charge on any atom is 0.257 e. The van der Waals surface area contributed by atoms with Gasteiger partial charge in [0, 0.05) is 18.5 Å². The van der Waals surface area contributed by atoms with Gasteiger partial charge in [-0.3, -0.25) is 14.4 Å². The molecule has 2 heterocycles. The molecule has 1 aromatic carbocycles. The van der Waals surface area contributed by atoms with Crippen LogP contribution in [0.4, 0.5) is 10.8 Å². The number of aryl methyl sites for hydroxylation is 1. The van der Waals surface area contributed by atoms with Crippen LogP contribution in [-0.2, 0) is 16.4 Å². The molecule has 0 spiro atoms. The van der Waals surface area contributed by atoms with Crippen LogP contribution in [0.15, 0.2) is 24.3 Å². The molecular formula is C16H20N4O3S2. The predicted octanol–water partition coefficient (Wildman–Crippen LogP) is 2.67. The summed E-state index contributed by atoms with van der Waals surface area (Å²) in [6, 6.07) is 6.56. The lowest BCUT2D eigenvalue weighted by molar-refractivity contribution is 0.102. The highest BCUT2D eigenvalue weighted by Gasteiger charge is 2.28. The van der Waals surface area contributed by atoms with Crippen LogP contribution >= 0.6 is 11.3 Å². The van der Waals surface area contributed by atoms with Gasteiger partial charge in [-0.15, -0.1) is 10.2 Å². The lowest BCUT2D eigenvalue weighted by Gasteiger charge is -2.16. The molecule has 0 atom stereocenters. The van der Waals surface area contributed by atoms with Crippen molar-refractivity contribution < 1.29 is 13.2 Å². The standard InChI is InChI=1S/C16H20N4O3S2/c1-2-3-5-14-18-19-16(24-14)17-15(21)12-6-8-13(9-7-12)20-10-4-11-25(20,22)23/h6-9H,2-5,10-11H2,1H3,(H,17,19,21). The molecule has 134 valence electrons. The van der Waals surface area contributed by atoms with Gasteiger partial charge in [-0.05, 0) is 37.1 Å². The first-order valence-corrected chi connectivity index (χ1v) is 10.7. The zero-order valence-electron chi connectivity index (χ0n) is 13.9. The number of carbonyl (C=O) groups is 1. The van der Waals surface area contributed by atoms with Gasteiger partial charge in [-0.25, -0.2) is 8.42 Å². The number of hydrogen-bond donors (Lipinski definition) is 1. The van der Waals surface area contributed by atoms with Crippen molar-refractivity contribution in [1.29, 1.82) is 0 Å². The molecule has 1 saturated heterocycles. The molecule has 0 unspecified atom stereocenters. The Morgan fingerprint density at radius 2 is 2.04 bits per heavy atom. The minimum absolute atomic E-state index is 0.173. The van der Waals surface area contributed by atoms with Crippen LogP contribution in [0.2, 0.25) is 0 Å². The molecule has 25 heavy (non-hydrogen) atoms. The van der Waals surface area contributed by atoms with Crippen molar-refractivity contribution in [1.82, 2.24) is 10.2 Å². The molecule has 1 aromatic heterocycles. The summed E-state index contributed by atoms with van der Waals surface area (Å²) in [5, 5.41) is 12.2. The first-order valence-electron chi connectivity index (χ1n) is 8.24. The summed E-state index contributed by atoms with van der Waals surface area (Å²) in [5.74, 6) is -0.110. The summed E-state index contributed by atoms with van der Waals surface area (Å²) in [4.78, 5) is 12.3. The average molecular weight is 380 g/mol. The first kappa shape index (κ1) is 17.8. The lowest BCUT2D eigenvalue weighted by atomic mass is 10.2. The van der Waals surface area contributed by atoms with Gasteiger partial charge < -0.3 is 0 Å². The van der Waals surface area contributed by atoms with Crippen LogP contribution in [0.3, 0.4) is 0 Å². The number of aromatic nitrogens is 2. The highest BCUT2D eigenvalue weighted by atomic mass is 32.2. The number of amides is 1. The van der Waals surface area contributed by atoms with Crippen LogP contribution in [0.1, 0.15) is 41.6 Å². The van der Waals surface area contributed by atoms with Crippen LogP contribution in [0.5, 0.6) is 0 Å². The van der Waals surface area contributed by atoms with E-state index in [1.54, 1.807) is 24.3 Å². The summed E-state index contributed by atoms with van der Waals surface area (Å²) in [6.07, 6.45) is 3.62. The topological polar surface area (TPSA) is 92.3 Å². The number of carbonyl (C=O) groups excluding carboxylic acids is 1. The number of hydrogen-bond acceptors (Lipinski definition) is 6. The molecule has 7 nitrogen and oxygen atoms in total. The SMILES string of the molecule is CCCCc1nnc(NC(=O)c2ccc(N3CCCS3(=O)=O)cc2)s1. The molecule has 0 radical (unpaired) electrons. The Hall–Kier alpha value is -2.00. The van der Waals surface area contributed by atoms with Crippen molar-refractivity contribution >= 4 is 38.1 Å². The summed E-state index contributed by atoms with van der Waals surface area (Å²) in [7, 11) is -3.21. The monoisotopic (exact) mass is 380 g/mol. The number of nitrogens with one attached hydrogen (secondary N) is 1. The molecule has 0 bridgehead atoms. The van der Waals surface area contributed by atoms with E-state index in [0.717, 1.165) is 24.3 Å². The molecule has 0 aliphatic carbocycles. The van der Waals surface area contributed by atoms with Crippen LogP contribution in [0.25, 0.3) is 0 Å². The van der Waals surface area contributed by atoms with E-state index in [0.29, 0.717) is 29.3 Å². The summed E-state index contributed by atoms with van der Waals surface area (Å²) >= 11 is 1.38. The van der Waals surface area contributed by atoms with Gasteiger partial charge in [0.05, 0.1) is 11.4 Å². The Morgan fingerprint density at radius 1 is 1.28 bits per heavy atom. The quantitative estimate of drug-likeness (QED) is 0.832. The van der Waals surface area contributed by atoms with Crippen molar-refractivity contribution in [3.63, 3.8) is 0 Å². The van der Waals surface area contributed by atoms with E-state index >= 15 is 0 Å². The minimum atomic E-state index is -3.21. The van der Waals surface area contributed by atoms with Crippen LogP contribution in [0, 0.1) is 0 Å². The average Bonchev–Trinajstić information content (AvgIpc) is 3.18. The number of nitrogens with zero attached hydrogens (tertiary/aromatic N) is 3. The zero-order chi connectivity index (χ0) is 17.9. The predicted molar refractivity (Wildman–Crippen MR) is 98.7 cm³/mol. The van der Waals surface area contributed by atoms with Crippen molar-refractivity contribution in [2.45, 2.75) is 32.6 Å². The number of anilines is 2. The Balaban J connectivity index is 1.66. The highest BCUT2D eigenvalue weighted by Crippen LogP contribution is 2.24. The summed E-state index contributed by atoms with van der Waals surface area (Å²) < 4.78 is 25.3. The van der Waals surface area contributed by atoms with Gasteiger partial charge in [0.15, 0.2) is 0 Å². The fourth-order valence-electron chi connectivity index (χ4n) is 2.61. The van der Waals surface area contributed by atoms with Gasteiger partial charge in [0.2, 0.25) is 15.2 Å². The Morgan fingerprint density at radius 3 is 2.68 bits per heavy atom. The van der Waals surface area contributed by atoms with Gasteiger partial charge in [-0.2, -0.15) is 0 Å². The van der Waals surface area contributed by atoms with E-state index in [9.17, 15) is 13.2 Å². The van der Waals surface area contributed by atoms with Gasteiger partial charge >= 0.3 is 0 Å². The molecule has 9 heteroatoms. The molecule has 1 fully saturated rings. The lowest BCUT2D eigenvalue weighted by Crippen LogP contribution is -2.25. The maximum atomic E-state index is 12.3. The third-order valence-electron chi connectivity index (χ3n) is 3.95. The minimum Gasteiger partial charge on any atom is -0.296 e. The molecule has 0 saturated carbocycles. The third-order valence-corrected chi connectivity index (χ3v) is 6.72. The molecule has 3 rings (SSSR count). The molecular weight excluding hydrogens is 360 g/mol. The van der Waals surface area contributed by atoms with E-state index < -0.39 is 10.0 Å². The first-order chi connectivity index (χ1) is 12.0. The third kappa shape index (κ3) is 4.16. The van der Waals surface area contributed by atoms with Gasteiger partial charge in [0.25, 0.3) is 5.91 Å². The second kappa shape index (κ2) is 7.49. The van der Waals surface area contributed by atoms with Crippen molar-refractivity contribution in [3.8, 4) is 0 Å². The van der Waals surface area contributed by atoms with E-state index in [1.807, 2.05) is 0 Å². The molecule has 2 aromatic rings. The van der Waals surface area contributed by atoms with Crippen molar-refractivity contribution in [2.24, 2.45) is 0 Å². The molecule has 1 N–H and O–H groups in total. The Kier molecular flexibility index (Phi) is 5.33. The van der Waals surface area contributed by atoms with Crippen molar-refractivity contribution in [2.75, 3.05) is 21.9 Å². The molecule has 1 aliphatic heterocycles. The largest absolute Gasteiger partial charge is 0.296 e. The van der Waals surface area contributed by atoms with E-state index in [-0.39, 0.29) is 11.7 Å². The summed E-state index contributed by atoms with van der Waals surface area (Å²) in [6.45, 7) is 2.60. The second-order valence-electron chi connectivity index (χ2n) is 5.85. The summed E-state index contributed by atoms with van der Waals surface area (Å²) in [5.41, 5.74) is 1.04. The van der Waals surface area contributed by atoms with E-state index in [2.05, 4.69) is 22.4 Å². The van der Waals surface area contributed by atoms with Crippen LogP contribution < -0.4 is 9.62 Å². The number of sulfonamides is 1. The number of unbranched alkanes of at least 4 members (excludes halogenated alkanes) is 1. The molecule has 1 aliphatic rings. The Labute approximate surface area is 151 Å². The normalized spacial score (nSPS) is 16.1. The maximum absolute atomic E-state index is 12.3. The highest BCUT2D eigenvalue weighted by molar-refractivity contribution is 7.93. The van der Waals surface area contributed by atoms with Gasteiger partial charge in [-0.1, -0.05) is 24.7 Å². The smallest absolute Gasteiger partial charge is 0.257 e. The van der Waals surface area contributed by atoms with Crippen molar-refractivity contribution in [3.05, 3.63) is 34.8 Å². The number of benzene rings is 1. The molecule has 1 amide bonds. The van der Waals surface area contributed by atoms with E-state index in [1.165, 1.54) is 15.6 Å². The number of rotatable bonds is 6. The van der Waals surface area contributed by atoms with Gasteiger partial charge in [0.1, 0.15) is 5.01 Å². The fourth-order valence-corrected chi connectivity index (χ4v) is 4.95. The fraction of sp³-hybridized carbons (Fsp3) is 0.438.